The van der Waals surface area contributed by atoms with Crippen molar-refractivity contribution in [2.75, 3.05) is 0 Å². The van der Waals surface area contributed by atoms with Crippen LogP contribution in [-0.4, -0.2) is 5.71 Å². The molecule has 0 atom stereocenters. The SMILES string of the molecule is C/C=C\N=C(/C)CC. The number of aliphatic imine (C=N–C) groups is 1. The molecule has 0 N–H and O–H groups in total. The molecule has 0 amide bonds. The highest BCUT2D eigenvalue weighted by Crippen LogP contribution is 1.84. The number of nitrogens with zero attached hydrogens (tertiary/aromatic N) is 1. The molecule has 0 unspecified atom stereocenters. The molecule has 0 rings (SSSR count). The molecule has 0 aromatic carbocycles. The van der Waals surface area contributed by atoms with E-state index in [9.17, 15) is 0 Å². The molecule has 1 nitrogen and oxygen atoms in total. The van der Waals surface area contributed by atoms with Gasteiger partial charge in [-0.05, 0) is 20.3 Å². The first-order valence-corrected chi connectivity index (χ1v) is 2.95. The second-order valence-electron chi connectivity index (χ2n) is 1.70. The molecule has 0 radical (unpaired) electrons. The van der Waals surface area contributed by atoms with Crippen LogP contribution in [0.25, 0.3) is 0 Å². The van der Waals surface area contributed by atoms with Crippen molar-refractivity contribution in [3.8, 4) is 0 Å². The Morgan fingerprint density at radius 1 is 1.62 bits per heavy atom. The van der Waals surface area contributed by atoms with E-state index in [1.807, 2.05) is 26.1 Å². The summed E-state index contributed by atoms with van der Waals surface area (Å²) in [6.07, 6.45) is 4.79. The highest BCUT2D eigenvalue weighted by atomic mass is 14.7. The van der Waals surface area contributed by atoms with Gasteiger partial charge < -0.3 is 0 Å². The lowest BCUT2D eigenvalue weighted by Crippen LogP contribution is -1.83. The van der Waals surface area contributed by atoms with Gasteiger partial charge in [0.05, 0.1) is 0 Å². The molecular formula is C7H13N. The van der Waals surface area contributed by atoms with E-state index in [1.165, 1.54) is 5.71 Å². The van der Waals surface area contributed by atoms with Crippen molar-refractivity contribution in [2.24, 2.45) is 4.99 Å². The van der Waals surface area contributed by atoms with E-state index in [1.54, 1.807) is 0 Å². The molecule has 0 aromatic rings. The van der Waals surface area contributed by atoms with Crippen LogP contribution in [0.4, 0.5) is 0 Å². The Morgan fingerprint density at radius 2 is 2.25 bits per heavy atom. The van der Waals surface area contributed by atoms with Crippen molar-refractivity contribution >= 4 is 5.71 Å². The van der Waals surface area contributed by atoms with Crippen molar-refractivity contribution in [3.05, 3.63) is 12.3 Å². The summed E-state index contributed by atoms with van der Waals surface area (Å²) in [6.45, 7) is 6.09. The first-order valence-electron chi connectivity index (χ1n) is 2.95. The highest BCUT2D eigenvalue weighted by molar-refractivity contribution is 5.82. The summed E-state index contributed by atoms with van der Waals surface area (Å²) in [5.41, 5.74) is 1.18. The Morgan fingerprint density at radius 3 is 2.62 bits per heavy atom. The molecule has 0 aliphatic rings. The topological polar surface area (TPSA) is 12.4 Å². The number of rotatable bonds is 2. The molecule has 0 saturated carbocycles. The monoisotopic (exact) mass is 111 g/mol. The Bertz CT molecular complexity index is 101. The average molecular weight is 111 g/mol. The number of allylic oxidation sites excluding steroid dienone is 1. The maximum atomic E-state index is 4.10. The Labute approximate surface area is 51.1 Å². The van der Waals surface area contributed by atoms with Crippen LogP contribution in [0.5, 0.6) is 0 Å². The van der Waals surface area contributed by atoms with Gasteiger partial charge in [0.2, 0.25) is 0 Å². The van der Waals surface area contributed by atoms with E-state index >= 15 is 0 Å². The minimum absolute atomic E-state index is 1.05. The van der Waals surface area contributed by atoms with E-state index < -0.39 is 0 Å². The smallest absolute Gasteiger partial charge is 0.0224 e. The summed E-state index contributed by atoms with van der Waals surface area (Å²) in [6, 6.07) is 0. The summed E-state index contributed by atoms with van der Waals surface area (Å²) in [5.74, 6) is 0. The summed E-state index contributed by atoms with van der Waals surface area (Å²) in [4.78, 5) is 4.10. The van der Waals surface area contributed by atoms with Crippen LogP contribution in [0.15, 0.2) is 17.3 Å². The van der Waals surface area contributed by atoms with Crippen molar-refractivity contribution < 1.29 is 0 Å². The molecule has 0 aromatic heterocycles. The second-order valence-corrected chi connectivity index (χ2v) is 1.70. The highest BCUT2D eigenvalue weighted by Gasteiger charge is 1.77. The normalized spacial score (nSPS) is 13.1. The van der Waals surface area contributed by atoms with Gasteiger partial charge in [-0.2, -0.15) is 0 Å². The van der Waals surface area contributed by atoms with Gasteiger partial charge in [0.1, 0.15) is 0 Å². The minimum atomic E-state index is 1.05. The Balaban J connectivity index is 3.57. The van der Waals surface area contributed by atoms with Gasteiger partial charge in [-0.25, -0.2) is 0 Å². The van der Waals surface area contributed by atoms with E-state index in [2.05, 4.69) is 11.9 Å². The third-order valence-electron chi connectivity index (χ3n) is 0.956. The quantitative estimate of drug-likeness (QED) is 0.485. The van der Waals surface area contributed by atoms with Crippen LogP contribution in [0.1, 0.15) is 27.2 Å². The van der Waals surface area contributed by atoms with Crippen LogP contribution in [0.2, 0.25) is 0 Å². The molecule has 0 aliphatic heterocycles. The van der Waals surface area contributed by atoms with Gasteiger partial charge >= 0.3 is 0 Å². The van der Waals surface area contributed by atoms with Crippen LogP contribution in [0.3, 0.4) is 0 Å². The van der Waals surface area contributed by atoms with Crippen molar-refractivity contribution in [1.82, 2.24) is 0 Å². The second kappa shape index (κ2) is 4.57. The van der Waals surface area contributed by atoms with Crippen LogP contribution < -0.4 is 0 Å². The fourth-order valence-electron chi connectivity index (χ4n) is 0.293. The lowest BCUT2D eigenvalue weighted by molar-refractivity contribution is 1.25. The van der Waals surface area contributed by atoms with Gasteiger partial charge in [-0.15, -0.1) is 0 Å². The van der Waals surface area contributed by atoms with Crippen LogP contribution >= 0.6 is 0 Å². The summed E-state index contributed by atoms with van der Waals surface area (Å²) in [5, 5.41) is 0. The molecule has 46 valence electrons. The maximum Gasteiger partial charge on any atom is 0.0224 e. The molecule has 0 saturated heterocycles. The molecule has 0 fully saturated rings. The third-order valence-corrected chi connectivity index (χ3v) is 0.956. The van der Waals surface area contributed by atoms with Crippen molar-refractivity contribution in [3.63, 3.8) is 0 Å². The Hall–Kier alpha value is -0.590. The van der Waals surface area contributed by atoms with Gasteiger partial charge in [-0.1, -0.05) is 13.0 Å². The average Bonchev–Trinajstić information content (AvgIpc) is 1.83. The van der Waals surface area contributed by atoms with Gasteiger partial charge in [-0.3, -0.25) is 4.99 Å². The molecule has 0 aliphatic carbocycles. The zero-order chi connectivity index (χ0) is 6.41. The molecule has 8 heavy (non-hydrogen) atoms. The van der Waals surface area contributed by atoms with Crippen molar-refractivity contribution in [2.45, 2.75) is 27.2 Å². The lowest BCUT2D eigenvalue weighted by atomic mass is 10.3. The lowest BCUT2D eigenvalue weighted by Gasteiger charge is -1.86. The number of hydrogen-bond acceptors (Lipinski definition) is 1. The van der Waals surface area contributed by atoms with Gasteiger partial charge in [0, 0.05) is 11.9 Å². The van der Waals surface area contributed by atoms with E-state index in [0.29, 0.717) is 0 Å². The number of hydrogen-bond donors (Lipinski definition) is 0. The molecule has 0 heterocycles. The van der Waals surface area contributed by atoms with Crippen LogP contribution in [-0.2, 0) is 0 Å². The van der Waals surface area contributed by atoms with E-state index in [-0.39, 0.29) is 0 Å². The summed E-state index contributed by atoms with van der Waals surface area (Å²) >= 11 is 0. The van der Waals surface area contributed by atoms with Crippen molar-refractivity contribution in [1.29, 1.82) is 0 Å². The fraction of sp³-hybridized carbons (Fsp3) is 0.571. The first-order chi connectivity index (χ1) is 3.81. The Kier molecular flexibility index (Phi) is 4.23. The molecule has 0 bridgehead atoms. The van der Waals surface area contributed by atoms with E-state index in [4.69, 9.17) is 0 Å². The zero-order valence-electron chi connectivity index (χ0n) is 5.81. The summed E-state index contributed by atoms with van der Waals surface area (Å²) in [7, 11) is 0. The predicted molar refractivity (Wildman–Crippen MR) is 38.2 cm³/mol. The molecule has 0 spiro atoms. The summed E-state index contributed by atoms with van der Waals surface area (Å²) < 4.78 is 0. The minimum Gasteiger partial charge on any atom is -0.266 e. The van der Waals surface area contributed by atoms with E-state index in [0.717, 1.165) is 6.42 Å². The van der Waals surface area contributed by atoms with Gasteiger partial charge in [0.25, 0.3) is 0 Å². The first kappa shape index (κ1) is 7.41. The third kappa shape index (κ3) is 3.59. The van der Waals surface area contributed by atoms with Gasteiger partial charge in [0.15, 0.2) is 0 Å². The zero-order valence-corrected chi connectivity index (χ0v) is 5.81. The molecule has 1 heteroatoms. The fourth-order valence-corrected chi connectivity index (χ4v) is 0.293. The largest absolute Gasteiger partial charge is 0.266 e. The predicted octanol–water partition coefficient (Wildman–Crippen LogP) is 2.39. The molecular weight excluding hydrogens is 98.1 g/mol. The standard InChI is InChI=1S/C7H13N/c1-4-6-8-7(3)5-2/h4,6H,5H2,1-3H3/b6-4-,8-7+. The maximum absolute atomic E-state index is 4.10. The van der Waals surface area contributed by atoms with Crippen LogP contribution in [0, 0.1) is 0 Å².